The van der Waals surface area contributed by atoms with E-state index in [1.807, 2.05) is 6.07 Å². The maximum absolute atomic E-state index is 5.85. The van der Waals surface area contributed by atoms with Crippen molar-refractivity contribution in [1.29, 1.82) is 0 Å². The van der Waals surface area contributed by atoms with E-state index in [0.717, 1.165) is 6.42 Å². The Bertz CT molecular complexity index is 245. The van der Waals surface area contributed by atoms with Crippen LogP contribution in [0.3, 0.4) is 0 Å². The van der Waals surface area contributed by atoms with Crippen molar-refractivity contribution >= 4 is 0 Å². The molecule has 0 spiro atoms. The van der Waals surface area contributed by atoms with Gasteiger partial charge in [0.25, 0.3) is 0 Å². The monoisotopic (exact) mass is 163 g/mol. The fourth-order valence-corrected chi connectivity index (χ4v) is 1.92. The zero-order valence-corrected chi connectivity index (χ0v) is 7.19. The van der Waals surface area contributed by atoms with Crippen molar-refractivity contribution in [3.63, 3.8) is 0 Å². The first kappa shape index (κ1) is 7.74. The molecule has 2 heteroatoms. The lowest BCUT2D eigenvalue weighted by molar-refractivity contribution is -0.721. The second-order valence-corrected chi connectivity index (χ2v) is 3.55. The molecule has 1 aromatic heterocycles. The lowest BCUT2D eigenvalue weighted by Gasteiger charge is -2.03. The van der Waals surface area contributed by atoms with Crippen molar-refractivity contribution in [2.75, 3.05) is 0 Å². The van der Waals surface area contributed by atoms with Crippen LogP contribution >= 0.6 is 0 Å². The standard InChI is InChI=1S/C10H15N2/c11-9-4-5-10(8-9)12-6-2-1-3-7-12/h1-3,6-7,9-10H,4-5,8,11H2/q+1. The molecule has 2 nitrogen and oxygen atoms in total. The van der Waals surface area contributed by atoms with Crippen molar-refractivity contribution in [3.05, 3.63) is 30.6 Å². The van der Waals surface area contributed by atoms with Crippen LogP contribution in [-0.2, 0) is 0 Å². The summed E-state index contributed by atoms with van der Waals surface area (Å²) < 4.78 is 2.27. The number of rotatable bonds is 1. The molecule has 0 aliphatic heterocycles. The van der Waals surface area contributed by atoms with Crippen LogP contribution in [0.15, 0.2) is 30.6 Å². The van der Waals surface area contributed by atoms with E-state index >= 15 is 0 Å². The van der Waals surface area contributed by atoms with Gasteiger partial charge in [0.05, 0.1) is 0 Å². The van der Waals surface area contributed by atoms with E-state index in [0.29, 0.717) is 12.1 Å². The van der Waals surface area contributed by atoms with Crippen molar-refractivity contribution in [1.82, 2.24) is 0 Å². The van der Waals surface area contributed by atoms with Crippen LogP contribution in [0.2, 0.25) is 0 Å². The third-order valence-corrected chi connectivity index (χ3v) is 2.61. The predicted molar refractivity (Wildman–Crippen MR) is 47.5 cm³/mol. The fourth-order valence-electron chi connectivity index (χ4n) is 1.92. The molecular weight excluding hydrogens is 148 g/mol. The third-order valence-electron chi connectivity index (χ3n) is 2.61. The first-order valence-corrected chi connectivity index (χ1v) is 4.57. The second-order valence-electron chi connectivity index (χ2n) is 3.55. The zero-order chi connectivity index (χ0) is 8.39. The topological polar surface area (TPSA) is 29.9 Å². The maximum atomic E-state index is 5.85. The SMILES string of the molecule is NC1CCC([n+]2ccccc2)C1. The second kappa shape index (κ2) is 3.23. The molecule has 0 saturated heterocycles. The van der Waals surface area contributed by atoms with Gasteiger partial charge in [0, 0.05) is 31.0 Å². The highest BCUT2D eigenvalue weighted by Gasteiger charge is 2.27. The number of hydrogen-bond donors (Lipinski definition) is 1. The van der Waals surface area contributed by atoms with E-state index in [1.165, 1.54) is 12.8 Å². The van der Waals surface area contributed by atoms with Gasteiger partial charge in [0.1, 0.15) is 0 Å². The minimum Gasteiger partial charge on any atom is -0.327 e. The van der Waals surface area contributed by atoms with Gasteiger partial charge >= 0.3 is 0 Å². The molecule has 2 N–H and O–H groups in total. The average Bonchev–Trinajstić information content (AvgIpc) is 2.54. The number of pyridine rings is 1. The maximum Gasteiger partial charge on any atom is 0.169 e. The molecule has 0 bridgehead atoms. The van der Waals surface area contributed by atoms with Gasteiger partial charge in [-0.1, -0.05) is 6.07 Å². The minimum atomic E-state index is 0.419. The lowest BCUT2D eigenvalue weighted by atomic mass is 10.2. The summed E-state index contributed by atoms with van der Waals surface area (Å²) >= 11 is 0. The van der Waals surface area contributed by atoms with Gasteiger partial charge in [-0.25, -0.2) is 4.57 Å². The Morgan fingerprint density at radius 3 is 2.42 bits per heavy atom. The molecule has 2 unspecified atom stereocenters. The number of aromatic nitrogens is 1. The van der Waals surface area contributed by atoms with Crippen molar-refractivity contribution in [3.8, 4) is 0 Å². The van der Waals surface area contributed by atoms with E-state index in [4.69, 9.17) is 5.73 Å². The molecule has 12 heavy (non-hydrogen) atoms. The van der Waals surface area contributed by atoms with Crippen molar-refractivity contribution in [2.45, 2.75) is 31.3 Å². The van der Waals surface area contributed by atoms with E-state index in [-0.39, 0.29) is 0 Å². The molecule has 0 radical (unpaired) electrons. The number of hydrogen-bond acceptors (Lipinski definition) is 1. The quantitative estimate of drug-likeness (QED) is 0.616. The molecule has 64 valence electrons. The largest absolute Gasteiger partial charge is 0.327 e. The van der Waals surface area contributed by atoms with Gasteiger partial charge in [-0.15, -0.1) is 0 Å². The molecular formula is C10H15N2+. The van der Waals surface area contributed by atoms with Crippen molar-refractivity contribution < 1.29 is 4.57 Å². The first-order chi connectivity index (χ1) is 5.86. The molecule has 2 atom stereocenters. The molecule has 1 aromatic rings. The summed E-state index contributed by atoms with van der Waals surface area (Å²) in [7, 11) is 0. The Balaban J connectivity index is 2.11. The van der Waals surface area contributed by atoms with Crippen LogP contribution in [0.25, 0.3) is 0 Å². The number of nitrogens with zero attached hydrogens (tertiary/aromatic N) is 1. The Morgan fingerprint density at radius 2 is 1.83 bits per heavy atom. The van der Waals surface area contributed by atoms with Crippen LogP contribution in [0.1, 0.15) is 25.3 Å². The molecule has 1 aliphatic carbocycles. The molecule has 1 saturated carbocycles. The molecule has 0 amide bonds. The molecule has 2 rings (SSSR count). The van der Waals surface area contributed by atoms with Gasteiger partial charge < -0.3 is 5.73 Å². The Hall–Kier alpha value is -0.890. The smallest absolute Gasteiger partial charge is 0.169 e. The van der Waals surface area contributed by atoms with Gasteiger partial charge in [-0.05, 0) is 6.42 Å². The summed E-state index contributed by atoms with van der Waals surface area (Å²) in [5.41, 5.74) is 5.85. The van der Waals surface area contributed by atoms with Crippen LogP contribution < -0.4 is 10.3 Å². The highest BCUT2D eigenvalue weighted by molar-refractivity contribution is 4.85. The Labute approximate surface area is 73.0 Å². The van der Waals surface area contributed by atoms with Crippen LogP contribution in [0.5, 0.6) is 0 Å². The van der Waals surface area contributed by atoms with Gasteiger partial charge in [-0.2, -0.15) is 0 Å². The fraction of sp³-hybridized carbons (Fsp3) is 0.500. The molecule has 1 fully saturated rings. The molecule has 1 heterocycles. The highest BCUT2D eigenvalue weighted by Crippen LogP contribution is 2.23. The zero-order valence-electron chi connectivity index (χ0n) is 7.19. The van der Waals surface area contributed by atoms with E-state index < -0.39 is 0 Å². The first-order valence-electron chi connectivity index (χ1n) is 4.57. The predicted octanol–water partition coefficient (Wildman–Crippen LogP) is 1.03. The van der Waals surface area contributed by atoms with E-state index in [1.54, 1.807) is 0 Å². The Kier molecular flexibility index (Phi) is 2.09. The van der Waals surface area contributed by atoms with Crippen LogP contribution in [-0.4, -0.2) is 6.04 Å². The summed E-state index contributed by atoms with van der Waals surface area (Å²) in [6.45, 7) is 0. The lowest BCUT2D eigenvalue weighted by Crippen LogP contribution is -2.37. The van der Waals surface area contributed by atoms with Crippen LogP contribution in [0.4, 0.5) is 0 Å². The summed E-state index contributed by atoms with van der Waals surface area (Å²) in [5.74, 6) is 0. The van der Waals surface area contributed by atoms with Crippen molar-refractivity contribution in [2.24, 2.45) is 5.73 Å². The Morgan fingerprint density at radius 1 is 1.08 bits per heavy atom. The van der Waals surface area contributed by atoms with Gasteiger partial charge in [-0.3, -0.25) is 0 Å². The van der Waals surface area contributed by atoms with E-state index in [2.05, 4.69) is 29.1 Å². The normalized spacial score (nSPS) is 29.1. The average molecular weight is 163 g/mol. The highest BCUT2D eigenvalue weighted by atomic mass is 15.0. The third kappa shape index (κ3) is 1.48. The molecule has 0 aromatic carbocycles. The summed E-state index contributed by atoms with van der Waals surface area (Å²) in [5, 5.41) is 0. The molecule has 1 aliphatic rings. The summed E-state index contributed by atoms with van der Waals surface area (Å²) in [4.78, 5) is 0. The number of nitrogens with two attached hydrogens (primary N) is 1. The minimum absolute atomic E-state index is 0.419. The van der Waals surface area contributed by atoms with E-state index in [9.17, 15) is 0 Å². The van der Waals surface area contributed by atoms with Crippen LogP contribution in [0, 0.1) is 0 Å². The summed E-state index contributed by atoms with van der Waals surface area (Å²) in [6, 6.07) is 7.25. The summed E-state index contributed by atoms with van der Waals surface area (Å²) in [6.07, 6.45) is 7.79. The van der Waals surface area contributed by atoms with Gasteiger partial charge in [0.15, 0.2) is 18.4 Å². The van der Waals surface area contributed by atoms with Gasteiger partial charge in [0.2, 0.25) is 0 Å².